The fourth-order valence-electron chi connectivity index (χ4n) is 3.25. The number of aryl methyl sites for hydroxylation is 2. The van der Waals surface area contributed by atoms with Crippen molar-refractivity contribution in [1.82, 2.24) is 4.72 Å². The molecule has 2 aromatic carbocycles. The molecule has 0 bridgehead atoms. The highest BCUT2D eigenvalue weighted by molar-refractivity contribution is 7.89. The topological polar surface area (TPSA) is 120 Å². The molecule has 0 aromatic heterocycles. The van der Waals surface area contributed by atoms with Crippen molar-refractivity contribution in [3.8, 4) is 11.5 Å². The number of esters is 1. The zero-order chi connectivity index (χ0) is 24.2. The Labute approximate surface area is 193 Å². The van der Waals surface area contributed by atoms with E-state index in [2.05, 4.69) is 10.0 Å². The molecule has 178 valence electrons. The lowest BCUT2D eigenvalue weighted by molar-refractivity contribution is -0.150. The van der Waals surface area contributed by atoms with Crippen LogP contribution in [0.4, 0.5) is 5.69 Å². The number of hydrogen-bond acceptors (Lipinski definition) is 7. The average Bonchev–Trinajstić information content (AvgIpc) is 2.77. The molecule has 1 atom stereocenters. The van der Waals surface area contributed by atoms with Gasteiger partial charge in [-0.05, 0) is 43.5 Å². The van der Waals surface area contributed by atoms with Gasteiger partial charge in [0, 0.05) is 11.8 Å². The van der Waals surface area contributed by atoms with Gasteiger partial charge in [0.2, 0.25) is 10.0 Å². The summed E-state index contributed by atoms with van der Waals surface area (Å²) in [7, 11) is -4.07. The van der Waals surface area contributed by atoms with Crippen LogP contribution in [0.25, 0.3) is 0 Å². The molecule has 0 spiro atoms. The van der Waals surface area contributed by atoms with Crippen molar-refractivity contribution < 1.29 is 32.2 Å². The van der Waals surface area contributed by atoms with Crippen molar-refractivity contribution in [1.29, 1.82) is 0 Å². The summed E-state index contributed by atoms with van der Waals surface area (Å²) in [4.78, 5) is 24.8. The van der Waals surface area contributed by atoms with Gasteiger partial charge in [-0.1, -0.05) is 31.5 Å². The van der Waals surface area contributed by atoms with Gasteiger partial charge in [-0.15, -0.1) is 0 Å². The lowest BCUT2D eigenvalue weighted by Crippen LogP contribution is -2.45. The van der Waals surface area contributed by atoms with Crippen LogP contribution in [0.15, 0.2) is 41.3 Å². The quantitative estimate of drug-likeness (QED) is 0.562. The van der Waals surface area contributed by atoms with Crippen LogP contribution in [-0.2, 0) is 24.3 Å². The van der Waals surface area contributed by atoms with Crippen LogP contribution in [0.3, 0.4) is 0 Å². The van der Waals surface area contributed by atoms with Crippen molar-refractivity contribution in [2.45, 2.75) is 38.6 Å². The number of amides is 1. The molecule has 0 saturated heterocycles. The van der Waals surface area contributed by atoms with Crippen LogP contribution in [0, 0.1) is 19.8 Å². The number of sulfonamides is 1. The minimum absolute atomic E-state index is 0.0715. The lowest BCUT2D eigenvalue weighted by Gasteiger charge is -2.22. The minimum Gasteiger partial charge on any atom is -0.486 e. The summed E-state index contributed by atoms with van der Waals surface area (Å²) in [6.45, 7) is 7.31. The molecule has 33 heavy (non-hydrogen) atoms. The van der Waals surface area contributed by atoms with E-state index in [9.17, 15) is 18.0 Å². The maximum Gasteiger partial charge on any atom is 0.324 e. The average molecular weight is 477 g/mol. The largest absolute Gasteiger partial charge is 0.486 e. The summed E-state index contributed by atoms with van der Waals surface area (Å²) in [6, 6.07) is 8.58. The molecule has 2 N–H and O–H groups in total. The number of ether oxygens (including phenoxy) is 3. The van der Waals surface area contributed by atoms with E-state index in [-0.39, 0.29) is 4.90 Å². The smallest absolute Gasteiger partial charge is 0.324 e. The molecule has 9 nitrogen and oxygen atoms in total. The van der Waals surface area contributed by atoms with Crippen molar-refractivity contribution in [2.75, 3.05) is 25.1 Å². The molecule has 10 heteroatoms. The van der Waals surface area contributed by atoms with Crippen LogP contribution >= 0.6 is 0 Å². The molecule has 0 saturated carbocycles. The fourth-order valence-corrected chi connectivity index (χ4v) is 4.60. The highest BCUT2D eigenvalue weighted by Gasteiger charge is 2.31. The Morgan fingerprint density at radius 3 is 2.39 bits per heavy atom. The first-order valence-corrected chi connectivity index (χ1v) is 12.0. The van der Waals surface area contributed by atoms with Crippen LogP contribution in [0.1, 0.15) is 25.0 Å². The van der Waals surface area contributed by atoms with Gasteiger partial charge >= 0.3 is 5.97 Å². The number of carbonyl (C=O) groups excluding carboxylic acids is 2. The van der Waals surface area contributed by atoms with Crippen molar-refractivity contribution in [2.24, 2.45) is 5.92 Å². The van der Waals surface area contributed by atoms with Crippen LogP contribution in [0.2, 0.25) is 0 Å². The third-order valence-electron chi connectivity index (χ3n) is 5.03. The monoisotopic (exact) mass is 476 g/mol. The Hall–Kier alpha value is -3.11. The third-order valence-corrected chi connectivity index (χ3v) is 6.47. The minimum atomic E-state index is -4.07. The normalized spacial score (nSPS) is 14.0. The number of rotatable bonds is 8. The summed E-state index contributed by atoms with van der Waals surface area (Å²) in [5.41, 5.74) is 2.55. The summed E-state index contributed by atoms with van der Waals surface area (Å²) < 4.78 is 44.1. The standard InChI is InChI=1S/C23H28N2O7S/c1-14(2)22(23(27)32-13-21(26)24-18-7-5-15(3)11-16(18)4)25-33(28,29)17-6-8-19-20(12-17)31-10-9-30-19/h5-8,11-12,14,22,25H,9-10,13H2,1-4H3,(H,24,26)/t22-/m0/s1. The molecule has 0 aliphatic carbocycles. The summed E-state index contributed by atoms with van der Waals surface area (Å²) in [5, 5.41) is 2.68. The molecule has 1 amide bonds. The molecule has 0 fully saturated rings. The van der Waals surface area contributed by atoms with Gasteiger partial charge in [0.05, 0.1) is 4.90 Å². The Morgan fingerprint density at radius 1 is 1.03 bits per heavy atom. The van der Waals surface area contributed by atoms with Gasteiger partial charge in [0.25, 0.3) is 5.91 Å². The second kappa shape index (κ2) is 10.2. The molecule has 2 aromatic rings. The molecular weight excluding hydrogens is 448 g/mol. The van der Waals surface area contributed by atoms with E-state index < -0.39 is 40.5 Å². The van der Waals surface area contributed by atoms with E-state index in [0.29, 0.717) is 30.4 Å². The lowest BCUT2D eigenvalue weighted by atomic mass is 10.1. The van der Waals surface area contributed by atoms with Gasteiger partial charge in [0.15, 0.2) is 18.1 Å². The highest BCUT2D eigenvalue weighted by atomic mass is 32.2. The van der Waals surface area contributed by atoms with Gasteiger partial charge in [-0.2, -0.15) is 4.72 Å². The second-order valence-electron chi connectivity index (χ2n) is 8.12. The van der Waals surface area contributed by atoms with E-state index in [1.807, 2.05) is 26.0 Å². The third kappa shape index (κ3) is 6.23. The zero-order valence-corrected chi connectivity index (χ0v) is 19.8. The molecule has 1 aliphatic rings. The maximum absolute atomic E-state index is 12.9. The zero-order valence-electron chi connectivity index (χ0n) is 19.0. The van der Waals surface area contributed by atoms with Crippen LogP contribution < -0.4 is 19.5 Å². The second-order valence-corrected chi connectivity index (χ2v) is 9.84. The Balaban J connectivity index is 1.64. The first-order valence-electron chi connectivity index (χ1n) is 10.5. The van der Waals surface area contributed by atoms with E-state index in [1.54, 1.807) is 19.9 Å². The van der Waals surface area contributed by atoms with Gasteiger partial charge in [-0.25, -0.2) is 8.42 Å². The molecular formula is C23H28N2O7S. The highest BCUT2D eigenvalue weighted by Crippen LogP contribution is 2.32. The first kappa shape index (κ1) is 24.5. The Bertz CT molecular complexity index is 1150. The predicted octanol–water partition coefficient (Wildman–Crippen LogP) is 2.56. The van der Waals surface area contributed by atoms with Crippen molar-refractivity contribution in [3.63, 3.8) is 0 Å². The van der Waals surface area contributed by atoms with E-state index >= 15 is 0 Å². The SMILES string of the molecule is Cc1ccc(NC(=O)COC(=O)[C@@H](NS(=O)(=O)c2ccc3c(c2)OCCO3)C(C)C)c(C)c1. The molecule has 1 aliphatic heterocycles. The number of benzene rings is 2. The van der Waals surface area contributed by atoms with E-state index in [0.717, 1.165) is 11.1 Å². The molecule has 3 rings (SSSR count). The van der Waals surface area contributed by atoms with Gasteiger partial charge < -0.3 is 19.5 Å². The van der Waals surface area contributed by atoms with Crippen LogP contribution in [0.5, 0.6) is 11.5 Å². The molecule has 0 unspecified atom stereocenters. The Morgan fingerprint density at radius 2 is 1.73 bits per heavy atom. The number of fused-ring (bicyclic) bond motifs is 1. The predicted molar refractivity (Wildman–Crippen MR) is 122 cm³/mol. The number of nitrogens with one attached hydrogen (secondary N) is 2. The van der Waals surface area contributed by atoms with Crippen molar-refractivity contribution >= 4 is 27.6 Å². The van der Waals surface area contributed by atoms with Gasteiger partial charge in [-0.3, -0.25) is 9.59 Å². The number of anilines is 1. The fraction of sp³-hybridized carbons (Fsp3) is 0.391. The number of carbonyl (C=O) groups is 2. The Kier molecular flexibility index (Phi) is 7.60. The summed E-state index contributed by atoms with van der Waals surface area (Å²) in [6.07, 6.45) is 0. The molecule has 1 heterocycles. The van der Waals surface area contributed by atoms with E-state index in [1.165, 1.54) is 18.2 Å². The van der Waals surface area contributed by atoms with Crippen molar-refractivity contribution in [3.05, 3.63) is 47.5 Å². The summed E-state index contributed by atoms with van der Waals surface area (Å²) >= 11 is 0. The van der Waals surface area contributed by atoms with Crippen LogP contribution in [-0.4, -0.2) is 46.2 Å². The maximum atomic E-state index is 12.9. The summed E-state index contributed by atoms with van der Waals surface area (Å²) in [5.74, 6) is -1.02. The van der Waals surface area contributed by atoms with Gasteiger partial charge in [0.1, 0.15) is 19.3 Å². The molecule has 0 radical (unpaired) electrons. The first-order chi connectivity index (χ1) is 15.6. The number of hydrogen-bond donors (Lipinski definition) is 2. The van der Waals surface area contributed by atoms with E-state index in [4.69, 9.17) is 14.2 Å².